The highest BCUT2D eigenvalue weighted by atomic mass is 16.5. The lowest BCUT2D eigenvalue weighted by Gasteiger charge is -2.28. The molecule has 3 nitrogen and oxygen atoms in total. The summed E-state index contributed by atoms with van der Waals surface area (Å²) in [4.78, 5) is 13.7. The molecular formula is C15H21NO2. The summed E-state index contributed by atoms with van der Waals surface area (Å²) in [6, 6.07) is 8.62. The van der Waals surface area contributed by atoms with Crippen molar-refractivity contribution < 1.29 is 9.53 Å². The first-order valence-electron chi connectivity index (χ1n) is 6.74. The minimum atomic E-state index is -0.0742. The molecule has 0 aliphatic carbocycles. The van der Waals surface area contributed by atoms with Crippen LogP contribution in [-0.2, 0) is 22.5 Å². The van der Waals surface area contributed by atoms with E-state index in [1.807, 2.05) is 6.92 Å². The van der Waals surface area contributed by atoms with Crippen LogP contribution in [0.15, 0.2) is 24.3 Å². The smallest absolute Gasteiger partial charge is 0.305 e. The van der Waals surface area contributed by atoms with E-state index in [4.69, 9.17) is 4.74 Å². The Morgan fingerprint density at radius 3 is 2.89 bits per heavy atom. The fourth-order valence-electron chi connectivity index (χ4n) is 2.43. The lowest BCUT2D eigenvalue weighted by Crippen LogP contribution is -2.31. The summed E-state index contributed by atoms with van der Waals surface area (Å²) in [5.41, 5.74) is 2.90. The van der Waals surface area contributed by atoms with E-state index in [9.17, 15) is 4.79 Å². The van der Waals surface area contributed by atoms with Gasteiger partial charge in [0.15, 0.2) is 0 Å². The number of esters is 1. The third-order valence-corrected chi connectivity index (χ3v) is 3.37. The number of hydrogen-bond donors (Lipinski definition) is 0. The molecule has 0 unspecified atom stereocenters. The van der Waals surface area contributed by atoms with Crippen LogP contribution in [0.5, 0.6) is 0 Å². The van der Waals surface area contributed by atoms with Crippen molar-refractivity contribution in [3.8, 4) is 0 Å². The van der Waals surface area contributed by atoms with Crippen LogP contribution in [0.2, 0.25) is 0 Å². The summed E-state index contributed by atoms with van der Waals surface area (Å²) in [7, 11) is 0. The van der Waals surface area contributed by atoms with Crippen molar-refractivity contribution >= 4 is 5.97 Å². The molecule has 0 bridgehead atoms. The fraction of sp³-hybridized carbons (Fsp3) is 0.533. The highest BCUT2D eigenvalue weighted by molar-refractivity contribution is 5.69. The quantitative estimate of drug-likeness (QED) is 0.748. The van der Waals surface area contributed by atoms with Gasteiger partial charge in [0.05, 0.1) is 6.61 Å². The molecule has 0 N–H and O–H groups in total. The number of nitrogens with zero attached hydrogens (tertiary/aromatic N) is 1. The standard InChI is InChI=1S/C15H21NO2/c1-2-18-15(17)8-5-10-16-11-9-13-6-3-4-7-14(13)12-16/h3-4,6-7H,2,5,8-12H2,1H3. The third kappa shape index (κ3) is 3.57. The minimum absolute atomic E-state index is 0.0742. The summed E-state index contributed by atoms with van der Waals surface area (Å²) < 4.78 is 4.93. The van der Waals surface area contributed by atoms with E-state index in [1.54, 1.807) is 0 Å². The summed E-state index contributed by atoms with van der Waals surface area (Å²) in [6.07, 6.45) is 2.54. The first-order chi connectivity index (χ1) is 8.79. The average Bonchev–Trinajstić information content (AvgIpc) is 2.39. The Morgan fingerprint density at radius 1 is 1.33 bits per heavy atom. The van der Waals surface area contributed by atoms with Gasteiger partial charge in [0.25, 0.3) is 0 Å². The van der Waals surface area contributed by atoms with Gasteiger partial charge in [-0.15, -0.1) is 0 Å². The number of ether oxygens (including phenoxy) is 1. The predicted octanol–water partition coefficient (Wildman–Crippen LogP) is 2.39. The second-order valence-corrected chi connectivity index (χ2v) is 4.70. The molecule has 0 atom stereocenters. The number of carbonyl (C=O) groups is 1. The Balaban J connectivity index is 1.75. The molecule has 0 amide bonds. The van der Waals surface area contributed by atoms with Crippen LogP contribution < -0.4 is 0 Å². The predicted molar refractivity (Wildman–Crippen MR) is 71.3 cm³/mol. The van der Waals surface area contributed by atoms with Crippen molar-refractivity contribution in [1.82, 2.24) is 4.90 Å². The molecular weight excluding hydrogens is 226 g/mol. The van der Waals surface area contributed by atoms with E-state index in [-0.39, 0.29) is 5.97 Å². The van der Waals surface area contributed by atoms with E-state index < -0.39 is 0 Å². The second-order valence-electron chi connectivity index (χ2n) is 4.70. The van der Waals surface area contributed by atoms with Crippen molar-refractivity contribution in [3.05, 3.63) is 35.4 Å². The van der Waals surface area contributed by atoms with E-state index >= 15 is 0 Å². The number of benzene rings is 1. The molecule has 0 fully saturated rings. The normalized spacial score (nSPS) is 15.2. The second kappa shape index (κ2) is 6.55. The molecule has 98 valence electrons. The molecule has 18 heavy (non-hydrogen) atoms. The van der Waals surface area contributed by atoms with Gasteiger partial charge < -0.3 is 4.74 Å². The first kappa shape index (κ1) is 13.1. The Bertz CT molecular complexity index is 403. The number of fused-ring (bicyclic) bond motifs is 1. The van der Waals surface area contributed by atoms with Crippen LogP contribution >= 0.6 is 0 Å². The van der Waals surface area contributed by atoms with E-state index in [2.05, 4.69) is 29.2 Å². The topological polar surface area (TPSA) is 29.5 Å². The molecule has 0 aromatic heterocycles. The first-order valence-corrected chi connectivity index (χ1v) is 6.74. The molecule has 1 aromatic carbocycles. The van der Waals surface area contributed by atoms with Crippen LogP contribution in [0.4, 0.5) is 0 Å². The van der Waals surface area contributed by atoms with Gasteiger partial charge in [0, 0.05) is 19.5 Å². The monoisotopic (exact) mass is 247 g/mol. The maximum Gasteiger partial charge on any atom is 0.305 e. The van der Waals surface area contributed by atoms with Crippen molar-refractivity contribution in [2.75, 3.05) is 19.7 Å². The molecule has 0 radical (unpaired) electrons. The maximum absolute atomic E-state index is 11.2. The van der Waals surface area contributed by atoms with Crippen molar-refractivity contribution in [3.63, 3.8) is 0 Å². The number of carbonyl (C=O) groups excluding carboxylic acids is 1. The van der Waals surface area contributed by atoms with Gasteiger partial charge in [-0.25, -0.2) is 0 Å². The van der Waals surface area contributed by atoms with Crippen LogP contribution in [0, 0.1) is 0 Å². The van der Waals surface area contributed by atoms with Crippen molar-refractivity contribution in [2.45, 2.75) is 32.7 Å². The zero-order valence-corrected chi connectivity index (χ0v) is 11.0. The third-order valence-electron chi connectivity index (χ3n) is 3.37. The summed E-state index contributed by atoms with van der Waals surface area (Å²) >= 11 is 0. The molecule has 1 aliphatic rings. The Kier molecular flexibility index (Phi) is 4.76. The summed E-state index contributed by atoms with van der Waals surface area (Å²) in [5.74, 6) is -0.0742. The Labute approximate surface area is 109 Å². The summed E-state index contributed by atoms with van der Waals surface area (Å²) in [6.45, 7) is 5.42. The number of hydrogen-bond acceptors (Lipinski definition) is 3. The average molecular weight is 247 g/mol. The van der Waals surface area contributed by atoms with E-state index in [0.29, 0.717) is 13.0 Å². The largest absolute Gasteiger partial charge is 0.466 e. The van der Waals surface area contributed by atoms with Crippen molar-refractivity contribution in [1.29, 1.82) is 0 Å². The Hall–Kier alpha value is -1.35. The van der Waals surface area contributed by atoms with Gasteiger partial charge in [-0.05, 0) is 37.4 Å². The summed E-state index contributed by atoms with van der Waals surface area (Å²) in [5, 5.41) is 0. The molecule has 3 heteroatoms. The van der Waals surface area contributed by atoms with Gasteiger partial charge in [-0.2, -0.15) is 0 Å². The maximum atomic E-state index is 11.2. The molecule has 0 saturated carbocycles. The zero-order valence-electron chi connectivity index (χ0n) is 11.0. The van der Waals surface area contributed by atoms with Crippen LogP contribution in [0.3, 0.4) is 0 Å². The molecule has 1 aliphatic heterocycles. The molecule has 1 heterocycles. The lowest BCUT2D eigenvalue weighted by molar-refractivity contribution is -0.143. The van der Waals surface area contributed by atoms with Gasteiger partial charge in [-0.3, -0.25) is 9.69 Å². The highest BCUT2D eigenvalue weighted by Gasteiger charge is 2.15. The minimum Gasteiger partial charge on any atom is -0.466 e. The van der Waals surface area contributed by atoms with Gasteiger partial charge in [-0.1, -0.05) is 24.3 Å². The molecule has 0 spiro atoms. The van der Waals surface area contributed by atoms with Crippen LogP contribution in [0.25, 0.3) is 0 Å². The SMILES string of the molecule is CCOC(=O)CCCN1CCc2ccccc2C1. The molecule has 0 saturated heterocycles. The van der Waals surface area contributed by atoms with Gasteiger partial charge >= 0.3 is 5.97 Å². The molecule has 2 rings (SSSR count). The highest BCUT2D eigenvalue weighted by Crippen LogP contribution is 2.18. The number of rotatable bonds is 5. The lowest BCUT2D eigenvalue weighted by atomic mass is 10.00. The van der Waals surface area contributed by atoms with E-state index in [1.165, 1.54) is 11.1 Å². The van der Waals surface area contributed by atoms with Crippen LogP contribution in [-0.4, -0.2) is 30.6 Å². The zero-order chi connectivity index (χ0) is 12.8. The van der Waals surface area contributed by atoms with Gasteiger partial charge in [0.1, 0.15) is 0 Å². The Morgan fingerprint density at radius 2 is 2.11 bits per heavy atom. The molecule has 1 aromatic rings. The van der Waals surface area contributed by atoms with E-state index in [0.717, 1.165) is 32.5 Å². The fourth-order valence-corrected chi connectivity index (χ4v) is 2.43. The van der Waals surface area contributed by atoms with Gasteiger partial charge in [0.2, 0.25) is 0 Å². The van der Waals surface area contributed by atoms with Crippen LogP contribution in [0.1, 0.15) is 30.9 Å². The van der Waals surface area contributed by atoms with Crippen molar-refractivity contribution in [2.24, 2.45) is 0 Å².